The lowest BCUT2D eigenvalue weighted by molar-refractivity contribution is 0.0501. The number of ether oxygens (including phenoxy) is 2. The van der Waals surface area contributed by atoms with E-state index in [0.717, 1.165) is 0 Å². The summed E-state index contributed by atoms with van der Waals surface area (Å²) in [6, 6.07) is 4.83. The molecular formula is C14H21NO5S. The molecule has 118 valence electrons. The van der Waals surface area contributed by atoms with Crippen LogP contribution in [0.1, 0.15) is 30.6 Å². The van der Waals surface area contributed by atoms with Gasteiger partial charge in [-0.1, -0.05) is 13.0 Å². The Labute approximate surface area is 125 Å². The highest BCUT2D eigenvalue weighted by Gasteiger charge is 2.16. The van der Waals surface area contributed by atoms with Crippen LogP contribution in [0.3, 0.4) is 0 Å². The number of carbonyl (C=O) groups excluding carboxylic acids is 1. The van der Waals surface area contributed by atoms with Crippen LogP contribution in [0.25, 0.3) is 0 Å². The van der Waals surface area contributed by atoms with Crippen LogP contribution in [-0.4, -0.2) is 39.1 Å². The summed E-state index contributed by atoms with van der Waals surface area (Å²) in [5.41, 5.74) is 6.37. The summed E-state index contributed by atoms with van der Waals surface area (Å²) in [6.07, 6.45) is 0.272. The van der Waals surface area contributed by atoms with E-state index in [2.05, 4.69) is 0 Å². The van der Waals surface area contributed by atoms with Crippen LogP contribution in [0.5, 0.6) is 5.75 Å². The van der Waals surface area contributed by atoms with Crippen molar-refractivity contribution < 1.29 is 22.7 Å². The first kappa shape index (κ1) is 17.3. The molecule has 2 N–H and O–H groups in total. The van der Waals surface area contributed by atoms with Gasteiger partial charge in [-0.3, -0.25) is 0 Å². The van der Waals surface area contributed by atoms with Crippen molar-refractivity contribution in [2.24, 2.45) is 0 Å². The molecule has 1 aromatic rings. The van der Waals surface area contributed by atoms with Crippen molar-refractivity contribution in [3.05, 3.63) is 23.8 Å². The minimum atomic E-state index is -3.04. The van der Waals surface area contributed by atoms with Gasteiger partial charge in [0.15, 0.2) is 5.75 Å². The predicted molar refractivity (Wildman–Crippen MR) is 81.3 cm³/mol. The Morgan fingerprint density at radius 3 is 2.62 bits per heavy atom. The minimum absolute atomic E-state index is 0.00598. The second-order valence-corrected chi connectivity index (χ2v) is 6.86. The minimum Gasteiger partial charge on any atom is -0.491 e. The number of hydrogen-bond acceptors (Lipinski definition) is 6. The highest BCUT2D eigenvalue weighted by atomic mass is 32.2. The molecule has 0 heterocycles. The Hall–Kier alpha value is -1.76. The normalized spacial score (nSPS) is 11.1. The summed E-state index contributed by atoms with van der Waals surface area (Å²) in [6.45, 7) is 3.79. The van der Waals surface area contributed by atoms with Gasteiger partial charge in [0.2, 0.25) is 0 Å². The van der Waals surface area contributed by atoms with Gasteiger partial charge >= 0.3 is 5.97 Å². The number of carbonyl (C=O) groups is 1. The number of anilines is 1. The topological polar surface area (TPSA) is 95.7 Å². The van der Waals surface area contributed by atoms with E-state index in [0.29, 0.717) is 18.0 Å². The number of benzene rings is 1. The lowest BCUT2D eigenvalue weighted by Gasteiger charge is -2.12. The van der Waals surface area contributed by atoms with Gasteiger partial charge in [0.1, 0.15) is 15.4 Å². The summed E-state index contributed by atoms with van der Waals surface area (Å²) in [7, 11) is -3.04. The second-order valence-electron chi connectivity index (χ2n) is 4.38. The Kier molecular flexibility index (Phi) is 6.48. The van der Waals surface area contributed by atoms with Gasteiger partial charge in [-0.2, -0.15) is 0 Å². The van der Waals surface area contributed by atoms with Crippen LogP contribution in [0.2, 0.25) is 0 Å². The molecule has 0 fully saturated rings. The first-order chi connectivity index (χ1) is 9.91. The molecule has 1 rings (SSSR count). The van der Waals surface area contributed by atoms with E-state index >= 15 is 0 Å². The quantitative estimate of drug-likeness (QED) is 0.445. The first-order valence-corrected chi connectivity index (χ1v) is 8.62. The van der Waals surface area contributed by atoms with E-state index < -0.39 is 15.8 Å². The summed E-state index contributed by atoms with van der Waals surface area (Å²) in [5, 5.41) is 0. The number of hydrogen-bond donors (Lipinski definition) is 1. The standard InChI is InChI=1S/C14H21NO5S/c1-3-19-13-11(7-5-8-12(13)15)14(16)20-9-6-10-21(17,18)4-2/h5,7-8H,3-4,6,9-10,15H2,1-2H3. The molecule has 1 aromatic carbocycles. The number of sulfone groups is 1. The zero-order valence-corrected chi connectivity index (χ0v) is 13.1. The number of nitrogen functional groups attached to an aromatic ring is 1. The second kappa shape index (κ2) is 7.87. The summed E-state index contributed by atoms with van der Waals surface area (Å²) < 4.78 is 33.1. The molecular weight excluding hydrogens is 294 g/mol. The Morgan fingerprint density at radius 1 is 1.29 bits per heavy atom. The molecule has 0 radical (unpaired) electrons. The van der Waals surface area contributed by atoms with Crippen molar-refractivity contribution in [1.29, 1.82) is 0 Å². The van der Waals surface area contributed by atoms with Crippen LogP contribution in [0.4, 0.5) is 5.69 Å². The third kappa shape index (κ3) is 5.26. The molecule has 6 nitrogen and oxygen atoms in total. The molecule has 0 saturated carbocycles. The first-order valence-electron chi connectivity index (χ1n) is 6.80. The molecule has 0 atom stereocenters. The number of rotatable bonds is 8. The van der Waals surface area contributed by atoms with Crippen molar-refractivity contribution in [3.63, 3.8) is 0 Å². The third-order valence-corrected chi connectivity index (χ3v) is 4.62. The molecule has 7 heteroatoms. The van der Waals surface area contributed by atoms with Crippen LogP contribution in [0.15, 0.2) is 18.2 Å². The lowest BCUT2D eigenvalue weighted by Crippen LogP contribution is -2.14. The zero-order valence-electron chi connectivity index (χ0n) is 12.3. The Bertz CT molecular complexity index is 583. The molecule has 0 spiro atoms. The van der Waals surface area contributed by atoms with Crippen molar-refractivity contribution >= 4 is 21.5 Å². The lowest BCUT2D eigenvalue weighted by atomic mass is 10.1. The molecule has 0 aliphatic rings. The van der Waals surface area contributed by atoms with Gasteiger partial charge in [-0.25, -0.2) is 13.2 Å². The van der Waals surface area contributed by atoms with E-state index in [1.165, 1.54) is 0 Å². The average molecular weight is 315 g/mol. The van der Waals surface area contributed by atoms with Gasteiger partial charge in [0.25, 0.3) is 0 Å². The number of nitrogens with two attached hydrogens (primary N) is 1. The molecule has 0 unspecified atom stereocenters. The molecule has 0 saturated heterocycles. The van der Waals surface area contributed by atoms with E-state index in [-0.39, 0.29) is 30.1 Å². The number of esters is 1. The maximum absolute atomic E-state index is 12.0. The Morgan fingerprint density at radius 2 is 2.00 bits per heavy atom. The van der Waals surface area contributed by atoms with Crippen LogP contribution >= 0.6 is 0 Å². The SMILES string of the molecule is CCOc1c(N)cccc1C(=O)OCCCS(=O)(=O)CC. The highest BCUT2D eigenvalue weighted by molar-refractivity contribution is 7.91. The average Bonchev–Trinajstić information content (AvgIpc) is 2.45. The monoisotopic (exact) mass is 315 g/mol. The van der Waals surface area contributed by atoms with Gasteiger partial charge < -0.3 is 15.2 Å². The smallest absolute Gasteiger partial charge is 0.342 e. The summed E-state index contributed by atoms with van der Waals surface area (Å²) in [5.74, 6) is -0.178. The van der Waals surface area contributed by atoms with Gasteiger partial charge in [0.05, 0.1) is 24.7 Å². The molecule has 0 amide bonds. The zero-order chi connectivity index (χ0) is 15.9. The van der Waals surface area contributed by atoms with E-state index in [1.807, 2.05) is 0 Å². The fourth-order valence-electron chi connectivity index (χ4n) is 1.69. The van der Waals surface area contributed by atoms with Gasteiger partial charge in [-0.05, 0) is 25.5 Å². The maximum Gasteiger partial charge on any atom is 0.342 e. The fourth-order valence-corrected chi connectivity index (χ4v) is 2.53. The van der Waals surface area contributed by atoms with Gasteiger partial charge in [0, 0.05) is 5.75 Å². The van der Waals surface area contributed by atoms with Crippen molar-refractivity contribution in [1.82, 2.24) is 0 Å². The summed E-state index contributed by atoms with van der Waals surface area (Å²) >= 11 is 0. The Balaban J connectivity index is 2.62. The van der Waals surface area contributed by atoms with Crippen molar-refractivity contribution in [3.8, 4) is 5.75 Å². The summed E-state index contributed by atoms with van der Waals surface area (Å²) in [4.78, 5) is 12.0. The highest BCUT2D eigenvalue weighted by Crippen LogP contribution is 2.27. The van der Waals surface area contributed by atoms with Gasteiger partial charge in [-0.15, -0.1) is 0 Å². The van der Waals surface area contributed by atoms with E-state index in [9.17, 15) is 13.2 Å². The van der Waals surface area contributed by atoms with Crippen LogP contribution in [-0.2, 0) is 14.6 Å². The fraction of sp³-hybridized carbons (Fsp3) is 0.500. The largest absolute Gasteiger partial charge is 0.491 e. The molecule has 0 aliphatic carbocycles. The molecule has 21 heavy (non-hydrogen) atoms. The van der Waals surface area contributed by atoms with Crippen LogP contribution < -0.4 is 10.5 Å². The molecule has 0 aromatic heterocycles. The van der Waals surface area contributed by atoms with Crippen molar-refractivity contribution in [2.45, 2.75) is 20.3 Å². The third-order valence-electron chi connectivity index (χ3n) is 2.83. The predicted octanol–water partition coefficient (Wildman–Crippen LogP) is 1.65. The van der Waals surface area contributed by atoms with Crippen molar-refractivity contribution in [2.75, 3.05) is 30.5 Å². The van der Waals surface area contributed by atoms with E-state index in [1.54, 1.807) is 32.0 Å². The maximum atomic E-state index is 12.0. The molecule has 0 bridgehead atoms. The number of para-hydroxylation sites is 1. The molecule has 0 aliphatic heterocycles. The van der Waals surface area contributed by atoms with Crippen LogP contribution in [0, 0.1) is 0 Å². The van der Waals surface area contributed by atoms with E-state index in [4.69, 9.17) is 15.2 Å².